The lowest BCUT2D eigenvalue weighted by Gasteiger charge is -2.24. The average molecular weight is 277 g/mol. The maximum Gasteiger partial charge on any atom is 0.138 e. The molecule has 20 heavy (non-hydrogen) atoms. The van der Waals surface area contributed by atoms with Crippen molar-refractivity contribution in [2.24, 2.45) is 0 Å². The highest BCUT2D eigenvalue weighted by Gasteiger charge is 2.20. The second-order valence-corrected chi connectivity index (χ2v) is 6.69. The van der Waals surface area contributed by atoms with Gasteiger partial charge < -0.3 is 15.5 Å². The van der Waals surface area contributed by atoms with Crippen LogP contribution >= 0.6 is 0 Å². The molecule has 2 heterocycles. The second kappa shape index (κ2) is 5.95. The first kappa shape index (κ1) is 15.0. The van der Waals surface area contributed by atoms with Crippen LogP contribution in [0, 0.1) is 0 Å². The Labute approximate surface area is 122 Å². The lowest BCUT2D eigenvalue weighted by molar-refractivity contribution is 0.346. The topological polar surface area (TPSA) is 58.3 Å². The molecule has 0 saturated carbocycles. The number of nitrogen functional groups attached to an aromatic ring is 1. The van der Waals surface area contributed by atoms with Crippen LogP contribution < -0.4 is 10.6 Å². The van der Waals surface area contributed by atoms with E-state index in [0.29, 0.717) is 5.82 Å². The summed E-state index contributed by atoms with van der Waals surface area (Å²) < 4.78 is 0. The third-order valence-electron chi connectivity index (χ3n) is 3.74. The van der Waals surface area contributed by atoms with Gasteiger partial charge in [0, 0.05) is 31.6 Å². The van der Waals surface area contributed by atoms with Crippen LogP contribution in [0.5, 0.6) is 0 Å². The molecule has 5 heteroatoms. The first-order valence-corrected chi connectivity index (χ1v) is 7.45. The highest BCUT2D eigenvalue weighted by Crippen LogP contribution is 2.22. The van der Waals surface area contributed by atoms with E-state index in [1.807, 2.05) is 6.07 Å². The molecule has 1 aliphatic heterocycles. The van der Waals surface area contributed by atoms with E-state index in [9.17, 15) is 0 Å². The lowest BCUT2D eigenvalue weighted by Crippen LogP contribution is -2.32. The molecule has 0 amide bonds. The average Bonchev–Trinajstić information content (AvgIpc) is 2.87. The fourth-order valence-corrected chi connectivity index (χ4v) is 2.40. The molecule has 1 aromatic rings. The second-order valence-electron chi connectivity index (χ2n) is 6.69. The molecular formula is C15H27N5. The van der Waals surface area contributed by atoms with Gasteiger partial charge in [0.1, 0.15) is 17.5 Å². The standard InChI is InChI=1S/C15H27N5/c1-15(2,3)14-17-12(16)11-13(18-14)19(4)9-10-20-7-5-6-8-20/h11H,5-10H2,1-4H3,(H2,16,17,18). The summed E-state index contributed by atoms with van der Waals surface area (Å²) in [5, 5.41) is 0. The van der Waals surface area contributed by atoms with Crippen molar-refractivity contribution in [1.29, 1.82) is 0 Å². The van der Waals surface area contributed by atoms with Gasteiger partial charge in [-0.15, -0.1) is 0 Å². The van der Waals surface area contributed by atoms with Crippen molar-refractivity contribution in [2.75, 3.05) is 43.9 Å². The van der Waals surface area contributed by atoms with Crippen LogP contribution in [0.15, 0.2) is 6.07 Å². The quantitative estimate of drug-likeness (QED) is 0.910. The number of hydrogen-bond acceptors (Lipinski definition) is 5. The van der Waals surface area contributed by atoms with Gasteiger partial charge in [-0.25, -0.2) is 9.97 Å². The largest absolute Gasteiger partial charge is 0.384 e. The van der Waals surface area contributed by atoms with Gasteiger partial charge in [-0.1, -0.05) is 20.8 Å². The summed E-state index contributed by atoms with van der Waals surface area (Å²) in [5.74, 6) is 2.27. The van der Waals surface area contributed by atoms with Crippen molar-refractivity contribution in [1.82, 2.24) is 14.9 Å². The minimum absolute atomic E-state index is 0.0834. The molecule has 1 aliphatic rings. The number of nitrogens with zero attached hydrogens (tertiary/aromatic N) is 4. The van der Waals surface area contributed by atoms with E-state index in [-0.39, 0.29) is 5.41 Å². The molecule has 2 N–H and O–H groups in total. The monoisotopic (exact) mass is 277 g/mol. The van der Waals surface area contributed by atoms with E-state index in [2.05, 4.69) is 47.6 Å². The van der Waals surface area contributed by atoms with E-state index in [0.717, 1.165) is 24.7 Å². The SMILES string of the molecule is CN(CCN1CCCC1)c1cc(N)nc(C(C)(C)C)n1. The first-order chi connectivity index (χ1) is 9.36. The maximum atomic E-state index is 5.92. The Balaban J connectivity index is 2.04. The number of hydrogen-bond donors (Lipinski definition) is 1. The zero-order valence-electron chi connectivity index (χ0n) is 13.2. The summed E-state index contributed by atoms with van der Waals surface area (Å²) in [7, 11) is 2.07. The molecule has 1 aromatic heterocycles. The normalized spacial score (nSPS) is 16.6. The summed E-state index contributed by atoms with van der Waals surface area (Å²) in [6.07, 6.45) is 2.66. The van der Waals surface area contributed by atoms with Crippen LogP contribution in [0.1, 0.15) is 39.4 Å². The third-order valence-corrected chi connectivity index (χ3v) is 3.74. The van der Waals surface area contributed by atoms with Crippen molar-refractivity contribution in [2.45, 2.75) is 39.0 Å². The van der Waals surface area contributed by atoms with E-state index in [1.54, 1.807) is 0 Å². The summed E-state index contributed by atoms with van der Waals surface area (Å²) in [4.78, 5) is 13.7. The van der Waals surface area contributed by atoms with Crippen LogP contribution in [0.4, 0.5) is 11.6 Å². The number of rotatable bonds is 4. The molecule has 0 aliphatic carbocycles. The number of likely N-dealkylation sites (N-methyl/N-ethyl adjacent to an activating group) is 1. The van der Waals surface area contributed by atoms with Crippen molar-refractivity contribution in [3.8, 4) is 0 Å². The molecule has 0 spiro atoms. The molecule has 0 unspecified atom stereocenters. The molecule has 112 valence electrons. The van der Waals surface area contributed by atoms with E-state index in [4.69, 9.17) is 5.73 Å². The van der Waals surface area contributed by atoms with E-state index in [1.165, 1.54) is 25.9 Å². The summed E-state index contributed by atoms with van der Waals surface area (Å²) in [6, 6.07) is 1.86. The third kappa shape index (κ3) is 3.82. The molecule has 5 nitrogen and oxygen atoms in total. The summed E-state index contributed by atoms with van der Waals surface area (Å²) >= 11 is 0. The van der Waals surface area contributed by atoms with Crippen molar-refractivity contribution < 1.29 is 0 Å². The van der Waals surface area contributed by atoms with Gasteiger partial charge in [-0.3, -0.25) is 0 Å². The molecular weight excluding hydrogens is 250 g/mol. The Morgan fingerprint density at radius 1 is 1.25 bits per heavy atom. The Hall–Kier alpha value is -1.36. The Kier molecular flexibility index (Phi) is 4.48. The highest BCUT2D eigenvalue weighted by molar-refractivity contribution is 5.47. The molecule has 0 bridgehead atoms. The summed E-state index contributed by atoms with van der Waals surface area (Å²) in [5.41, 5.74) is 5.84. The molecule has 2 rings (SSSR count). The number of likely N-dealkylation sites (tertiary alicyclic amines) is 1. The number of nitrogens with two attached hydrogens (primary N) is 1. The van der Waals surface area contributed by atoms with Crippen LogP contribution in [0.3, 0.4) is 0 Å². The van der Waals surface area contributed by atoms with Crippen molar-refractivity contribution >= 4 is 11.6 Å². The fourth-order valence-electron chi connectivity index (χ4n) is 2.40. The summed E-state index contributed by atoms with van der Waals surface area (Å²) in [6.45, 7) is 10.8. The Bertz CT molecular complexity index is 446. The highest BCUT2D eigenvalue weighted by atomic mass is 15.2. The van der Waals surface area contributed by atoms with Gasteiger partial charge in [0.05, 0.1) is 0 Å². The molecule has 0 radical (unpaired) electrons. The van der Waals surface area contributed by atoms with Gasteiger partial charge in [0.25, 0.3) is 0 Å². The predicted octanol–water partition coefficient (Wildman–Crippen LogP) is 1.89. The molecule has 1 fully saturated rings. The van der Waals surface area contributed by atoms with Crippen LogP contribution in [0.25, 0.3) is 0 Å². The minimum atomic E-state index is -0.0834. The number of anilines is 2. The zero-order chi connectivity index (χ0) is 14.8. The van der Waals surface area contributed by atoms with Gasteiger partial charge in [0.15, 0.2) is 0 Å². The fraction of sp³-hybridized carbons (Fsp3) is 0.733. The van der Waals surface area contributed by atoms with Gasteiger partial charge in [-0.05, 0) is 25.9 Å². The predicted molar refractivity (Wildman–Crippen MR) is 84.1 cm³/mol. The Morgan fingerprint density at radius 3 is 2.50 bits per heavy atom. The molecule has 1 saturated heterocycles. The van der Waals surface area contributed by atoms with Crippen molar-refractivity contribution in [3.63, 3.8) is 0 Å². The number of aromatic nitrogens is 2. The molecule has 0 aromatic carbocycles. The first-order valence-electron chi connectivity index (χ1n) is 7.45. The zero-order valence-corrected chi connectivity index (χ0v) is 13.2. The van der Waals surface area contributed by atoms with E-state index < -0.39 is 0 Å². The van der Waals surface area contributed by atoms with Crippen molar-refractivity contribution in [3.05, 3.63) is 11.9 Å². The molecule has 0 atom stereocenters. The van der Waals surface area contributed by atoms with Gasteiger partial charge in [0.2, 0.25) is 0 Å². The van der Waals surface area contributed by atoms with Crippen LogP contribution in [0.2, 0.25) is 0 Å². The van der Waals surface area contributed by atoms with Crippen LogP contribution in [-0.2, 0) is 5.41 Å². The van der Waals surface area contributed by atoms with E-state index >= 15 is 0 Å². The maximum absolute atomic E-state index is 5.92. The minimum Gasteiger partial charge on any atom is -0.384 e. The van der Waals surface area contributed by atoms with Gasteiger partial charge >= 0.3 is 0 Å². The van der Waals surface area contributed by atoms with Gasteiger partial charge in [-0.2, -0.15) is 0 Å². The Morgan fingerprint density at radius 2 is 1.90 bits per heavy atom. The lowest BCUT2D eigenvalue weighted by atomic mass is 9.96. The smallest absolute Gasteiger partial charge is 0.138 e. The van der Waals surface area contributed by atoms with Crippen LogP contribution in [-0.4, -0.2) is 48.1 Å².